The van der Waals surface area contributed by atoms with E-state index >= 15 is 0 Å². The van der Waals surface area contributed by atoms with Crippen LogP contribution >= 0.6 is 0 Å². The summed E-state index contributed by atoms with van der Waals surface area (Å²) in [4.78, 5) is 6.64. The van der Waals surface area contributed by atoms with Crippen molar-refractivity contribution in [3.8, 4) is 0 Å². The molecule has 0 fully saturated rings. The minimum atomic E-state index is 0.163. The molecule has 1 aromatic heterocycles. The number of β-amino-alcohol motifs (C(OH)–C–C–N with tert-alkyl or cyclic N) is 1. The van der Waals surface area contributed by atoms with Crippen LogP contribution in [-0.2, 0) is 0 Å². The summed E-state index contributed by atoms with van der Waals surface area (Å²) < 4.78 is 0. The van der Waals surface area contributed by atoms with Crippen molar-refractivity contribution in [2.45, 2.75) is 0 Å². The highest BCUT2D eigenvalue weighted by Gasteiger charge is 2.16. The van der Waals surface area contributed by atoms with Crippen LogP contribution < -0.4 is 4.90 Å². The van der Waals surface area contributed by atoms with Crippen LogP contribution in [0, 0.1) is 0 Å². The predicted molar refractivity (Wildman–Crippen MR) is 70.1 cm³/mol. The highest BCUT2D eigenvalue weighted by atomic mass is 16.3. The van der Waals surface area contributed by atoms with Crippen molar-refractivity contribution in [3.05, 3.63) is 42.1 Å². The van der Waals surface area contributed by atoms with Crippen LogP contribution in [0.2, 0.25) is 0 Å². The Kier molecular flexibility index (Phi) is 2.53. The van der Waals surface area contributed by atoms with Gasteiger partial charge in [0.2, 0.25) is 0 Å². The molecule has 0 unspecified atom stereocenters. The summed E-state index contributed by atoms with van der Waals surface area (Å²) in [7, 11) is 0. The lowest BCUT2D eigenvalue weighted by atomic mass is 10.0. The first kappa shape index (κ1) is 10.3. The largest absolute Gasteiger partial charge is 0.395 e. The van der Waals surface area contributed by atoms with Gasteiger partial charge in [-0.15, -0.1) is 0 Å². The number of hydrogen-bond acceptors (Lipinski definition) is 3. The SMILES string of the molecule is OCCN1CC=Cc2ccc3cccnc3c21. The van der Waals surface area contributed by atoms with Gasteiger partial charge in [-0.3, -0.25) is 4.98 Å². The monoisotopic (exact) mass is 226 g/mol. The van der Waals surface area contributed by atoms with Gasteiger partial charge in [0.25, 0.3) is 0 Å². The molecule has 3 nitrogen and oxygen atoms in total. The van der Waals surface area contributed by atoms with Gasteiger partial charge in [-0.1, -0.05) is 30.4 Å². The third-order valence-electron chi connectivity index (χ3n) is 3.09. The number of aliphatic hydroxyl groups is 1. The van der Waals surface area contributed by atoms with E-state index in [2.05, 4.69) is 40.2 Å². The Hall–Kier alpha value is -1.87. The molecule has 0 aliphatic carbocycles. The van der Waals surface area contributed by atoms with Crippen LogP contribution in [-0.4, -0.2) is 29.8 Å². The molecule has 0 saturated heterocycles. The van der Waals surface area contributed by atoms with E-state index in [1.54, 1.807) is 0 Å². The van der Waals surface area contributed by atoms with Gasteiger partial charge in [0, 0.05) is 24.7 Å². The van der Waals surface area contributed by atoms with E-state index in [1.807, 2.05) is 12.3 Å². The molecule has 0 saturated carbocycles. The Morgan fingerprint density at radius 1 is 1.29 bits per heavy atom. The maximum atomic E-state index is 9.13. The van der Waals surface area contributed by atoms with E-state index in [0.717, 1.165) is 23.1 Å². The third kappa shape index (κ3) is 1.68. The molecule has 0 spiro atoms. The molecule has 1 aliphatic heterocycles. The van der Waals surface area contributed by atoms with E-state index in [9.17, 15) is 0 Å². The smallest absolute Gasteiger partial charge is 0.0941 e. The van der Waals surface area contributed by atoms with Crippen LogP contribution in [0.4, 0.5) is 5.69 Å². The van der Waals surface area contributed by atoms with Gasteiger partial charge >= 0.3 is 0 Å². The second-order valence-electron chi connectivity index (χ2n) is 4.15. The second-order valence-corrected chi connectivity index (χ2v) is 4.15. The summed E-state index contributed by atoms with van der Waals surface area (Å²) >= 11 is 0. The van der Waals surface area contributed by atoms with E-state index in [0.29, 0.717) is 6.54 Å². The fraction of sp³-hybridized carbons (Fsp3) is 0.214. The van der Waals surface area contributed by atoms with Crippen LogP contribution in [0.25, 0.3) is 17.0 Å². The molecular weight excluding hydrogens is 212 g/mol. The van der Waals surface area contributed by atoms with Gasteiger partial charge in [0.15, 0.2) is 0 Å². The zero-order valence-corrected chi connectivity index (χ0v) is 9.50. The third-order valence-corrected chi connectivity index (χ3v) is 3.09. The molecule has 0 radical (unpaired) electrons. The van der Waals surface area contributed by atoms with E-state index in [-0.39, 0.29) is 6.61 Å². The first-order chi connectivity index (χ1) is 8.40. The Morgan fingerprint density at radius 2 is 2.24 bits per heavy atom. The maximum absolute atomic E-state index is 9.13. The van der Waals surface area contributed by atoms with Crippen LogP contribution in [0.3, 0.4) is 0 Å². The number of rotatable bonds is 2. The molecule has 1 N–H and O–H groups in total. The molecule has 0 amide bonds. The molecule has 86 valence electrons. The fourth-order valence-corrected chi connectivity index (χ4v) is 2.33. The molecule has 0 atom stereocenters. The summed E-state index contributed by atoms with van der Waals surface area (Å²) in [6.45, 7) is 1.65. The standard InChI is InChI=1S/C14H14N2O/c17-10-9-16-8-2-4-12-6-5-11-3-1-7-15-13(11)14(12)16/h1-7,17H,8-10H2. The lowest BCUT2D eigenvalue weighted by Gasteiger charge is -2.28. The summed E-state index contributed by atoms with van der Waals surface area (Å²) in [5.41, 5.74) is 3.33. The predicted octanol–water partition coefficient (Wildman–Crippen LogP) is 2.06. The van der Waals surface area contributed by atoms with Gasteiger partial charge in [-0.2, -0.15) is 0 Å². The average molecular weight is 226 g/mol. The summed E-state index contributed by atoms with van der Waals surface area (Å²) in [6, 6.07) is 8.22. The Bertz CT molecular complexity index is 577. The lowest BCUT2D eigenvalue weighted by molar-refractivity contribution is 0.303. The Labute approximate surface area is 100 Å². The van der Waals surface area contributed by atoms with Gasteiger partial charge in [0.1, 0.15) is 0 Å². The van der Waals surface area contributed by atoms with Crippen molar-refractivity contribution in [1.29, 1.82) is 0 Å². The van der Waals surface area contributed by atoms with E-state index in [1.165, 1.54) is 5.56 Å². The van der Waals surface area contributed by atoms with Crippen molar-refractivity contribution in [1.82, 2.24) is 4.98 Å². The van der Waals surface area contributed by atoms with Gasteiger partial charge in [-0.25, -0.2) is 0 Å². The maximum Gasteiger partial charge on any atom is 0.0941 e. The van der Waals surface area contributed by atoms with Crippen molar-refractivity contribution < 1.29 is 5.11 Å². The number of aliphatic hydroxyl groups excluding tert-OH is 1. The molecule has 1 aliphatic rings. The van der Waals surface area contributed by atoms with Crippen molar-refractivity contribution in [2.75, 3.05) is 24.6 Å². The highest BCUT2D eigenvalue weighted by molar-refractivity contribution is 5.96. The van der Waals surface area contributed by atoms with Gasteiger partial charge in [-0.05, 0) is 11.6 Å². The van der Waals surface area contributed by atoms with Crippen molar-refractivity contribution in [2.24, 2.45) is 0 Å². The topological polar surface area (TPSA) is 36.4 Å². The van der Waals surface area contributed by atoms with Crippen molar-refractivity contribution >= 4 is 22.7 Å². The molecule has 3 rings (SSSR count). The Balaban J connectivity index is 2.24. The number of fused-ring (bicyclic) bond motifs is 3. The number of nitrogens with zero attached hydrogens (tertiary/aromatic N) is 2. The number of anilines is 1. The molecular formula is C14H14N2O. The van der Waals surface area contributed by atoms with E-state index < -0.39 is 0 Å². The van der Waals surface area contributed by atoms with Crippen LogP contribution in [0.5, 0.6) is 0 Å². The molecule has 0 bridgehead atoms. The first-order valence-corrected chi connectivity index (χ1v) is 5.80. The zero-order chi connectivity index (χ0) is 11.7. The van der Waals surface area contributed by atoms with Crippen molar-refractivity contribution in [3.63, 3.8) is 0 Å². The summed E-state index contributed by atoms with van der Waals surface area (Å²) in [5.74, 6) is 0. The number of benzene rings is 1. The second kappa shape index (κ2) is 4.18. The highest BCUT2D eigenvalue weighted by Crippen LogP contribution is 2.32. The molecule has 2 heterocycles. The lowest BCUT2D eigenvalue weighted by Crippen LogP contribution is -2.29. The Morgan fingerprint density at radius 3 is 3.12 bits per heavy atom. The summed E-state index contributed by atoms with van der Waals surface area (Å²) in [5, 5.41) is 10.3. The normalized spacial score (nSPS) is 14.1. The fourth-order valence-electron chi connectivity index (χ4n) is 2.33. The molecule has 2 aromatic rings. The van der Waals surface area contributed by atoms with E-state index in [4.69, 9.17) is 5.11 Å². The zero-order valence-electron chi connectivity index (χ0n) is 9.50. The van der Waals surface area contributed by atoms with Crippen LogP contribution in [0.15, 0.2) is 36.5 Å². The van der Waals surface area contributed by atoms with Gasteiger partial charge in [0.05, 0.1) is 17.8 Å². The molecule has 3 heteroatoms. The number of pyridine rings is 1. The average Bonchev–Trinajstić information content (AvgIpc) is 2.39. The molecule has 1 aromatic carbocycles. The number of hydrogen-bond donors (Lipinski definition) is 1. The minimum Gasteiger partial charge on any atom is -0.395 e. The van der Waals surface area contributed by atoms with Gasteiger partial charge < -0.3 is 10.0 Å². The minimum absolute atomic E-state index is 0.163. The van der Waals surface area contributed by atoms with Crippen LogP contribution in [0.1, 0.15) is 5.56 Å². The summed E-state index contributed by atoms with van der Waals surface area (Å²) in [6.07, 6.45) is 6.06. The number of aromatic nitrogens is 1. The quantitative estimate of drug-likeness (QED) is 0.851. The first-order valence-electron chi connectivity index (χ1n) is 5.80. The molecule has 17 heavy (non-hydrogen) atoms.